The van der Waals surface area contributed by atoms with E-state index in [-0.39, 0.29) is 11.3 Å². The Labute approximate surface area is 129 Å². The molecule has 4 heteroatoms. The van der Waals surface area contributed by atoms with E-state index in [2.05, 4.69) is 19.2 Å². The Hall–Kier alpha value is -0.870. The fourth-order valence-corrected chi connectivity index (χ4v) is 5.25. The third-order valence-corrected chi connectivity index (χ3v) is 6.71. The minimum atomic E-state index is -3.25. The summed E-state index contributed by atoms with van der Waals surface area (Å²) in [6.45, 7) is 7.14. The molecule has 21 heavy (non-hydrogen) atoms. The number of hydrogen-bond acceptors (Lipinski definition) is 3. The first-order valence-electron chi connectivity index (χ1n) is 7.99. The minimum Gasteiger partial charge on any atom is -0.313 e. The van der Waals surface area contributed by atoms with Crippen molar-refractivity contribution >= 4 is 9.84 Å². The first-order chi connectivity index (χ1) is 9.95. The van der Waals surface area contributed by atoms with Crippen LogP contribution in [-0.4, -0.2) is 26.3 Å². The average molecular weight is 309 g/mol. The van der Waals surface area contributed by atoms with Gasteiger partial charge in [-0.1, -0.05) is 31.5 Å². The van der Waals surface area contributed by atoms with Gasteiger partial charge >= 0.3 is 0 Å². The summed E-state index contributed by atoms with van der Waals surface area (Å²) in [5.74, 6) is 0.481. The fourth-order valence-electron chi connectivity index (χ4n) is 3.14. The highest BCUT2D eigenvalue weighted by Gasteiger charge is 2.38. The van der Waals surface area contributed by atoms with Crippen LogP contribution in [0.25, 0.3) is 0 Å². The number of benzene rings is 1. The topological polar surface area (TPSA) is 46.2 Å². The van der Waals surface area contributed by atoms with Crippen molar-refractivity contribution in [1.29, 1.82) is 0 Å². The lowest BCUT2D eigenvalue weighted by Crippen LogP contribution is -2.48. The zero-order valence-corrected chi connectivity index (χ0v) is 14.1. The molecule has 3 unspecified atom stereocenters. The van der Waals surface area contributed by atoms with Crippen molar-refractivity contribution in [1.82, 2.24) is 5.32 Å². The van der Waals surface area contributed by atoms with E-state index in [4.69, 9.17) is 0 Å². The highest BCUT2D eigenvalue weighted by Crippen LogP contribution is 2.32. The Balaban J connectivity index is 2.27. The number of sulfone groups is 1. The van der Waals surface area contributed by atoms with Crippen LogP contribution >= 0.6 is 0 Å². The standard InChI is InChI=1S/C17H27NO2S/c1-4-11-18-16-10-7-14(3)12-17(16)21(19,20)15-8-5-13(2)6-9-15/h5-6,8-9,14,16-18H,4,7,10-12H2,1-3H3. The van der Waals surface area contributed by atoms with Gasteiger partial charge in [0, 0.05) is 6.04 Å². The van der Waals surface area contributed by atoms with E-state index in [9.17, 15) is 8.42 Å². The molecule has 1 fully saturated rings. The van der Waals surface area contributed by atoms with Gasteiger partial charge < -0.3 is 5.32 Å². The third kappa shape index (κ3) is 3.86. The molecule has 1 saturated carbocycles. The predicted octanol–water partition coefficient (Wildman–Crippen LogP) is 3.33. The molecule has 1 N–H and O–H groups in total. The summed E-state index contributed by atoms with van der Waals surface area (Å²) in [5.41, 5.74) is 1.09. The van der Waals surface area contributed by atoms with Gasteiger partial charge in [0.2, 0.25) is 0 Å². The first kappa shape index (κ1) is 16.5. The molecule has 3 atom stereocenters. The Morgan fingerprint density at radius 2 is 1.86 bits per heavy atom. The van der Waals surface area contributed by atoms with Crippen molar-refractivity contribution in [3.8, 4) is 0 Å². The second-order valence-electron chi connectivity index (χ2n) is 6.38. The van der Waals surface area contributed by atoms with Gasteiger partial charge in [0.25, 0.3) is 0 Å². The molecule has 1 aliphatic rings. The Kier molecular flexibility index (Phi) is 5.44. The number of nitrogens with one attached hydrogen (secondary N) is 1. The fraction of sp³-hybridized carbons (Fsp3) is 0.647. The smallest absolute Gasteiger partial charge is 0.182 e. The molecule has 0 amide bonds. The summed E-state index contributed by atoms with van der Waals surface area (Å²) in [6.07, 6.45) is 3.86. The summed E-state index contributed by atoms with van der Waals surface area (Å²) in [7, 11) is -3.25. The van der Waals surface area contributed by atoms with E-state index >= 15 is 0 Å². The largest absolute Gasteiger partial charge is 0.313 e. The lowest BCUT2D eigenvalue weighted by molar-refractivity contribution is 0.308. The van der Waals surface area contributed by atoms with Gasteiger partial charge in [-0.3, -0.25) is 0 Å². The summed E-state index contributed by atoms with van der Waals surface area (Å²) < 4.78 is 26.0. The van der Waals surface area contributed by atoms with Gasteiger partial charge in [-0.15, -0.1) is 0 Å². The maximum absolute atomic E-state index is 13.0. The summed E-state index contributed by atoms with van der Waals surface area (Å²) in [4.78, 5) is 0.468. The quantitative estimate of drug-likeness (QED) is 0.907. The van der Waals surface area contributed by atoms with Crippen LogP contribution in [-0.2, 0) is 9.84 Å². The molecule has 0 aliphatic heterocycles. The lowest BCUT2D eigenvalue weighted by atomic mass is 9.87. The van der Waals surface area contributed by atoms with E-state index in [1.54, 1.807) is 12.1 Å². The van der Waals surface area contributed by atoms with Crippen molar-refractivity contribution in [3.63, 3.8) is 0 Å². The lowest BCUT2D eigenvalue weighted by Gasteiger charge is -2.35. The molecule has 2 rings (SSSR count). The third-order valence-electron chi connectivity index (χ3n) is 4.46. The van der Waals surface area contributed by atoms with Crippen molar-refractivity contribution in [2.75, 3.05) is 6.54 Å². The molecule has 1 aromatic rings. The zero-order chi connectivity index (χ0) is 15.5. The second-order valence-corrected chi connectivity index (χ2v) is 8.54. The monoisotopic (exact) mass is 309 g/mol. The van der Waals surface area contributed by atoms with Crippen LogP contribution < -0.4 is 5.32 Å². The molecule has 3 nitrogen and oxygen atoms in total. The van der Waals surface area contributed by atoms with Gasteiger partial charge in [-0.05, 0) is 57.2 Å². The van der Waals surface area contributed by atoms with E-state index in [1.165, 1.54) is 0 Å². The molecule has 1 aromatic carbocycles. The maximum atomic E-state index is 13.0. The van der Waals surface area contributed by atoms with Crippen LogP contribution in [0.4, 0.5) is 0 Å². The van der Waals surface area contributed by atoms with Crippen molar-refractivity contribution < 1.29 is 8.42 Å². The summed E-state index contributed by atoms with van der Waals surface area (Å²) in [5, 5.41) is 3.15. The van der Waals surface area contributed by atoms with Crippen LogP contribution in [0.1, 0.15) is 45.1 Å². The maximum Gasteiger partial charge on any atom is 0.182 e. The van der Waals surface area contributed by atoms with E-state index in [0.717, 1.165) is 37.8 Å². The van der Waals surface area contributed by atoms with Gasteiger partial charge in [0.05, 0.1) is 10.1 Å². The van der Waals surface area contributed by atoms with Crippen LogP contribution in [0, 0.1) is 12.8 Å². The normalized spacial score (nSPS) is 26.7. The molecule has 1 aliphatic carbocycles. The Morgan fingerprint density at radius 3 is 2.48 bits per heavy atom. The first-order valence-corrected chi connectivity index (χ1v) is 9.53. The highest BCUT2D eigenvalue weighted by atomic mass is 32.2. The molecule has 0 aromatic heterocycles. The second kappa shape index (κ2) is 6.93. The minimum absolute atomic E-state index is 0.0902. The van der Waals surface area contributed by atoms with Gasteiger partial charge in [-0.2, -0.15) is 0 Å². The molecule has 0 heterocycles. The van der Waals surface area contributed by atoms with Crippen molar-refractivity contribution in [3.05, 3.63) is 29.8 Å². The summed E-state index contributed by atoms with van der Waals surface area (Å²) >= 11 is 0. The number of rotatable bonds is 5. The molecule has 0 radical (unpaired) electrons. The van der Waals surface area contributed by atoms with E-state index in [1.807, 2.05) is 19.1 Å². The van der Waals surface area contributed by atoms with Gasteiger partial charge in [-0.25, -0.2) is 8.42 Å². The molecule has 0 spiro atoms. The van der Waals surface area contributed by atoms with E-state index < -0.39 is 9.84 Å². The SMILES string of the molecule is CCCNC1CCC(C)CC1S(=O)(=O)c1ccc(C)cc1. The van der Waals surface area contributed by atoms with Gasteiger partial charge in [0.1, 0.15) is 0 Å². The summed E-state index contributed by atoms with van der Waals surface area (Å²) in [6, 6.07) is 7.36. The van der Waals surface area contributed by atoms with Crippen LogP contribution in [0.3, 0.4) is 0 Å². The van der Waals surface area contributed by atoms with Crippen molar-refractivity contribution in [2.24, 2.45) is 5.92 Å². The van der Waals surface area contributed by atoms with Crippen molar-refractivity contribution in [2.45, 2.75) is 62.6 Å². The van der Waals surface area contributed by atoms with Crippen LogP contribution in [0.2, 0.25) is 0 Å². The van der Waals surface area contributed by atoms with Crippen LogP contribution in [0.5, 0.6) is 0 Å². The molecule has 118 valence electrons. The average Bonchev–Trinajstić information content (AvgIpc) is 2.46. The van der Waals surface area contributed by atoms with E-state index in [0.29, 0.717) is 10.8 Å². The Morgan fingerprint density at radius 1 is 1.19 bits per heavy atom. The highest BCUT2D eigenvalue weighted by molar-refractivity contribution is 7.92. The molecular weight excluding hydrogens is 282 g/mol. The Bertz CT molecular complexity index is 549. The molecule has 0 saturated heterocycles. The molecular formula is C17H27NO2S. The number of hydrogen-bond donors (Lipinski definition) is 1. The van der Waals surface area contributed by atoms with Gasteiger partial charge in [0.15, 0.2) is 9.84 Å². The number of aryl methyl sites for hydroxylation is 1. The predicted molar refractivity (Wildman–Crippen MR) is 87.2 cm³/mol. The van der Waals surface area contributed by atoms with Crippen LogP contribution in [0.15, 0.2) is 29.2 Å². The zero-order valence-electron chi connectivity index (χ0n) is 13.3. The molecule has 0 bridgehead atoms.